The normalized spacial score (nSPS) is 15.2. The van der Waals surface area contributed by atoms with Crippen LogP contribution in [0.3, 0.4) is 0 Å². The molecule has 3 aromatic rings. The third-order valence-electron chi connectivity index (χ3n) is 6.35. The molecule has 3 amide bonds. The van der Waals surface area contributed by atoms with Crippen molar-refractivity contribution in [2.75, 3.05) is 38.8 Å². The number of rotatable bonds is 11. The van der Waals surface area contributed by atoms with Gasteiger partial charge < -0.3 is 29.3 Å². The molecule has 0 aliphatic carbocycles. The zero-order valence-electron chi connectivity index (χ0n) is 21.9. The first-order valence-corrected chi connectivity index (χ1v) is 12.9. The zero-order valence-corrected chi connectivity index (χ0v) is 22.7. The summed E-state index contributed by atoms with van der Waals surface area (Å²) in [4.78, 5) is 41.2. The molecule has 12 heteroatoms. The van der Waals surface area contributed by atoms with E-state index in [1.54, 1.807) is 18.2 Å². The van der Waals surface area contributed by atoms with Crippen LogP contribution in [0.5, 0.6) is 11.5 Å². The fourth-order valence-corrected chi connectivity index (χ4v) is 4.54. The Labute approximate surface area is 235 Å². The van der Waals surface area contributed by atoms with E-state index >= 15 is 0 Å². The molecule has 2 heterocycles. The standard InChI is InChI=1S/C28H29ClFN3O7/c1-37-22-10-7-17(13-24(22)38-2)26(28(36)31-15-19-5-3-11-39-19)33(18-8-9-21(30)20(29)14-18)25(34)16-32-27(35)23-6-4-12-40-23/h4,6-10,12-14,19,26H,3,5,11,15-16H2,1-2H3,(H,31,36)(H,32,35)/t19-,26-/m1/s1. The average Bonchev–Trinajstić information content (AvgIpc) is 3.69. The van der Waals surface area contributed by atoms with Gasteiger partial charge in [-0.25, -0.2) is 4.39 Å². The first kappa shape index (κ1) is 28.9. The maximum atomic E-state index is 14.1. The maximum Gasteiger partial charge on any atom is 0.287 e. The lowest BCUT2D eigenvalue weighted by Crippen LogP contribution is -2.48. The van der Waals surface area contributed by atoms with Crippen LogP contribution in [0.2, 0.25) is 5.02 Å². The summed E-state index contributed by atoms with van der Waals surface area (Å²) in [6.07, 6.45) is 2.84. The van der Waals surface area contributed by atoms with Crippen LogP contribution >= 0.6 is 11.6 Å². The van der Waals surface area contributed by atoms with Crippen molar-refractivity contribution in [1.82, 2.24) is 10.6 Å². The predicted octanol–water partition coefficient (Wildman–Crippen LogP) is 3.89. The van der Waals surface area contributed by atoms with Crippen LogP contribution in [0.15, 0.2) is 59.2 Å². The van der Waals surface area contributed by atoms with Gasteiger partial charge in [-0.1, -0.05) is 17.7 Å². The number of ether oxygens (including phenoxy) is 3. The summed E-state index contributed by atoms with van der Waals surface area (Å²) in [6, 6.07) is 10.2. The van der Waals surface area contributed by atoms with Crippen LogP contribution in [0.4, 0.5) is 10.1 Å². The number of nitrogens with zero attached hydrogens (tertiary/aromatic N) is 1. The molecule has 0 radical (unpaired) electrons. The monoisotopic (exact) mass is 573 g/mol. The SMILES string of the molecule is COc1ccc([C@H](C(=O)NC[C@H]2CCCO2)N(C(=O)CNC(=O)c2ccco2)c2ccc(F)c(Cl)c2)cc1OC. The molecular formula is C28H29ClFN3O7. The number of hydrogen-bond acceptors (Lipinski definition) is 7. The van der Waals surface area contributed by atoms with Gasteiger partial charge in [0.1, 0.15) is 11.9 Å². The topological polar surface area (TPSA) is 119 Å². The molecule has 2 atom stereocenters. The lowest BCUT2D eigenvalue weighted by atomic mass is 10.0. The second kappa shape index (κ2) is 13.3. The van der Waals surface area contributed by atoms with Crippen LogP contribution in [0.1, 0.15) is 35.0 Å². The molecule has 1 fully saturated rings. The predicted molar refractivity (Wildman–Crippen MR) is 144 cm³/mol. The largest absolute Gasteiger partial charge is 0.493 e. The number of amides is 3. The van der Waals surface area contributed by atoms with Gasteiger partial charge in [0, 0.05) is 18.8 Å². The number of methoxy groups -OCH3 is 2. The smallest absolute Gasteiger partial charge is 0.287 e. The molecule has 212 valence electrons. The van der Waals surface area contributed by atoms with Crippen molar-refractivity contribution >= 4 is 35.0 Å². The summed E-state index contributed by atoms with van der Waals surface area (Å²) in [5.74, 6) is -1.78. The Balaban J connectivity index is 1.73. The fraction of sp³-hybridized carbons (Fsp3) is 0.321. The van der Waals surface area contributed by atoms with Crippen molar-refractivity contribution < 1.29 is 37.4 Å². The van der Waals surface area contributed by atoms with E-state index in [2.05, 4.69) is 10.6 Å². The van der Waals surface area contributed by atoms with Gasteiger partial charge in [-0.15, -0.1) is 0 Å². The van der Waals surface area contributed by atoms with Gasteiger partial charge in [-0.05, 0) is 60.9 Å². The zero-order chi connectivity index (χ0) is 28.6. The van der Waals surface area contributed by atoms with Crippen LogP contribution in [-0.2, 0) is 14.3 Å². The van der Waals surface area contributed by atoms with Crippen molar-refractivity contribution in [3.63, 3.8) is 0 Å². The number of benzene rings is 2. The Hall–Kier alpha value is -4.09. The summed E-state index contributed by atoms with van der Waals surface area (Å²) in [7, 11) is 2.92. The number of anilines is 1. The highest BCUT2D eigenvalue weighted by Crippen LogP contribution is 2.35. The summed E-state index contributed by atoms with van der Waals surface area (Å²) in [5, 5.41) is 5.12. The lowest BCUT2D eigenvalue weighted by Gasteiger charge is -2.32. The number of halogens is 2. The minimum Gasteiger partial charge on any atom is -0.493 e. The molecule has 2 aromatic carbocycles. The molecule has 0 saturated carbocycles. The number of nitrogens with one attached hydrogen (secondary N) is 2. The summed E-state index contributed by atoms with van der Waals surface area (Å²) >= 11 is 6.07. The van der Waals surface area contributed by atoms with Crippen LogP contribution in [-0.4, -0.2) is 57.7 Å². The highest BCUT2D eigenvalue weighted by Gasteiger charge is 2.34. The molecule has 10 nitrogen and oxygen atoms in total. The molecule has 1 aliphatic rings. The Bertz CT molecular complexity index is 1350. The van der Waals surface area contributed by atoms with Crippen LogP contribution in [0, 0.1) is 5.82 Å². The maximum absolute atomic E-state index is 14.1. The van der Waals surface area contributed by atoms with Gasteiger partial charge in [-0.3, -0.25) is 19.3 Å². The van der Waals surface area contributed by atoms with E-state index in [1.165, 1.54) is 44.7 Å². The molecule has 1 aromatic heterocycles. The van der Waals surface area contributed by atoms with Crippen molar-refractivity contribution in [3.8, 4) is 11.5 Å². The minimum absolute atomic E-state index is 0.00919. The van der Waals surface area contributed by atoms with Gasteiger partial charge in [-0.2, -0.15) is 0 Å². The Kier molecular flexibility index (Phi) is 9.62. The second-order valence-electron chi connectivity index (χ2n) is 8.92. The van der Waals surface area contributed by atoms with Crippen LogP contribution in [0.25, 0.3) is 0 Å². The minimum atomic E-state index is -1.27. The highest BCUT2D eigenvalue weighted by molar-refractivity contribution is 6.31. The van der Waals surface area contributed by atoms with Crippen molar-refractivity contribution in [2.24, 2.45) is 0 Å². The molecule has 4 rings (SSSR count). The number of furan rings is 1. The molecule has 1 saturated heterocycles. The molecule has 1 aliphatic heterocycles. The Morgan fingerprint density at radius 3 is 2.55 bits per heavy atom. The van der Waals surface area contributed by atoms with Crippen molar-refractivity contribution in [2.45, 2.75) is 25.0 Å². The second-order valence-corrected chi connectivity index (χ2v) is 9.33. The summed E-state index contributed by atoms with van der Waals surface area (Å²) in [5.41, 5.74) is 0.504. The van der Waals surface area contributed by atoms with Crippen LogP contribution < -0.4 is 25.0 Å². The van der Waals surface area contributed by atoms with E-state index in [9.17, 15) is 18.8 Å². The average molecular weight is 574 g/mol. The molecule has 0 spiro atoms. The third-order valence-corrected chi connectivity index (χ3v) is 6.64. The molecule has 2 N–H and O–H groups in total. The fourth-order valence-electron chi connectivity index (χ4n) is 4.36. The lowest BCUT2D eigenvalue weighted by molar-refractivity contribution is -0.126. The summed E-state index contributed by atoms with van der Waals surface area (Å²) in [6.45, 7) is 0.328. The molecule has 0 bridgehead atoms. The highest BCUT2D eigenvalue weighted by atomic mass is 35.5. The molecule has 40 heavy (non-hydrogen) atoms. The van der Waals surface area contributed by atoms with Crippen molar-refractivity contribution in [1.29, 1.82) is 0 Å². The quantitative estimate of drug-likeness (QED) is 0.357. The molecular weight excluding hydrogens is 545 g/mol. The van der Waals surface area contributed by atoms with E-state index < -0.39 is 36.1 Å². The summed E-state index contributed by atoms with van der Waals surface area (Å²) < 4.78 is 35.6. The van der Waals surface area contributed by atoms with Gasteiger partial charge in [0.25, 0.3) is 5.91 Å². The van der Waals surface area contributed by atoms with Gasteiger partial charge in [0.05, 0.1) is 38.2 Å². The van der Waals surface area contributed by atoms with E-state index in [4.69, 9.17) is 30.2 Å². The van der Waals surface area contributed by atoms with Crippen molar-refractivity contribution in [3.05, 3.63) is 77.0 Å². The third kappa shape index (κ3) is 6.72. The van der Waals surface area contributed by atoms with E-state index in [-0.39, 0.29) is 29.1 Å². The van der Waals surface area contributed by atoms with Gasteiger partial charge >= 0.3 is 0 Å². The Morgan fingerprint density at radius 2 is 1.90 bits per heavy atom. The number of carbonyl (C=O) groups excluding carboxylic acids is 3. The first-order chi connectivity index (χ1) is 19.3. The van der Waals surface area contributed by atoms with Gasteiger partial charge in [0.15, 0.2) is 17.3 Å². The Morgan fingerprint density at radius 1 is 1.10 bits per heavy atom. The number of carbonyl (C=O) groups is 3. The number of hydrogen-bond donors (Lipinski definition) is 2. The molecule has 0 unspecified atom stereocenters. The van der Waals surface area contributed by atoms with E-state index in [1.807, 2.05) is 0 Å². The first-order valence-electron chi connectivity index (χ1n) is 12.5. The van der Waals surface area contributed by atoms with E-state index in [0.29, 0.717) is 23.7 Å². The van der Waals surface area contributed by atoms with Gasteiger partial charge in [0.2, 0.25) is 11.8 Å². The van der Waals surface area contributed by atoms with E-state index in [0.717, 1.165) is 23.8 Å².